The first-order valence-corrected chi connectivity index (χ1v) is 12.4. The van der Waals surface area contributed by atoms with Gasteiger partial charge in [-0.2, -0.15) is 18.3 Å². The summed E-state index contributed by atoms with van der Waals surface area (Å²) in [5.41, 5.74) is 1.77. The number of nitrogens with zero attached hydrogens (tertiary/aromatic N) is 4. The van der Waals surface area contributed by atoms with E-state index in [4.69, 9.17) is 0 Å². The van der Waals surface area contributed by atoms with Crippen molar-refractivity contribution >= 4 is 27.7 Å². The number of benzene rings is 1. The molecule has 1 aromatic carbocycles. The van der Waals surface area contributed by atoms with E-state index >= 15 is 0 Å². The number of amides is 1. The number of halogens is 5. The number of rotatable bonds is 4. The Labute approximate surface area is 209 Å². The van der Waals surface area contributed by atoms with Crippen LogP contribution in [0.1, 0.15) is 41.6 Å². The number of hydrogen-bond acceptors (Lipinski definition) is 4. The van der Waals surface area contributed by atoms with E-state index in [1.165, 1.54) is 11.1 Å². The fraction of sp³-hybridized carbons (Fsp3) is 0.560. The van der Waals surface area contributed by atoms with Gasteiger partial charge in [-0.3, -0.25) is 19.2 Å². The third-order valence-electron chi connectivity index (χ3n) is 7.51. The van der Waals surface area contributed by atoms with E-state index in [-0.39, 0.29) is 56.4 Å². The Hall–Kier alpha value is -3.02. The lowest BCUT2D eigenvalue weighted by atomic mass is 9.87. The summed E-state index contributed by atoms with van der Waals surface area (Å²) in [5.74, 6) is -2.93. The zero-order valence-corrected chi connectivity index (χ0v) is 20.4. The summed E-state index contributed by atoms with van der Waals surface area (Å²) in [6, 6.07) is 3.41. The SMILES string of the molecule is Cc1cc2[nH]c(=O)c3cnn(CC4CCC(F)(F)CC4)c3c2cc1C(=O)N1CCN(CC(F)(F)F)CC1. The Bertz CT molecular complexity index is 1380. The Morgan fingerprint density at radius 1 is 1.11 bits per heavy atom. The fourth-order valence-corrected chi connectivity index (χ4v) is 5.46. The molecule has 0 atom stereocenters. The Balaban J connectivity index is 1.44. The van der Waals surface area contributed by atoms with Crippen LogP contribution >= 0.6 is 0 Å². The monoisotopic (exact) mass is 525 g/mol. The van der Waals surface area contributed by atoms with Crippen molar-refractivity contribution < 1.29 is 26.7 Å². The van der Waals surface area contributed by atoms with Crippen LogP contribution in [0.4, 0.5) is 22.0 Å². The molecule has 1 amide bonds. The van der Waals surface area contributed by atoms with Crippen molar-refractivity contribution in [1.29, 1.82) is 0 Å². The summed E-state index contributed by atoms with van der Waals surface area (Å²) in [6.07, 6.45) is -2.47. The van der Waals surface area contributed by atoms with Crippen LogP contribution < -0.4 is 5.56 Å². The minimum absolute atomic E-state index is 0.00314. The molecule has 0 radical (unpaired) electrons. The molecule has 2 aliphatic rings. The lowest BCUT2D eigenvalue weighted by Crippen LogP contribution is -2.51. The second-order valence-corrected chi connectivity index (χ2v) is 10.2. The molecule has 0 unspecified atom stereocenters. The summed E-state index contributed by atoms with van der Waals surface area (Å²) in [4.78, 5) is 31.8. The van der Waals surface area contributed by atoms with E-state index < -0.39 is 18.6 Å². The normalized spacial score (nSPS) is 19.7. The van der Waals surface area contributed by atoms with E-state index in [0.717, 1.165) is 0 Å². The number of aryl methyl sites for hydroxylation is 1. The minimum atomic E-state index is -4.29. The second-order valence-electron chi connectivity index (χ2n) is 10.2. The summed E-state index contributed by atoms with van der Waals surface area (Å²) in [6.45, 7) is 1.74. The molecule has 12 heteroatoms. The Morgan fingerprint density at radius 3 is 2.43 bits per heavy atom. The van der Waals surface area contributed by atoms with E-state index in [0.29, 0.717) is 52.3 Å². The fourth-order valence-electron chi connectivity index (χ4n) is 5.46. The van der Waals surface area contributed by atoms with Crippen LogP contribution in [0.2, 0.25) is 0 Å². The summed E-state index contributed by atoms with van der Waals surface area (Å²) >= 11 is 0. The number of fused-ring (bicyclic) bond motifs is 3. The molecule has 0 spiro atoms. The van der Waals surface area contributed by atoms with Crippen LogP contribution in [0.5, 0.6) is 0 Å². The van der Waals surface area contributed by atoms with E-state index in [9.17, 15) is 31.5 Å². The maximum absolute atomic E-state index is 13.6. The molecule has 0 bridgehead atoms. The Kier molecular flexibility index (Phi) is 6.49. The van der Waals surface area contributed by atoms with Gasteiger partial charge in [0.25, 0.3) is 11.5 Å². The molecule has 1 N–H and O–H groups in total. The molecular weight excluding hydrogens is 497 g/mol. The van der Waals surface area contributed by atoms with Gasteiger partial charge in [-0.05, 0) is 43.4 Å². The highest BCUT2D eigenvalue weighted by molar-refractivity contribution is 6.07. The average Bonchev–Trinajstić information content (AvgIpc) is 3.24. The number of carbonyl (C=O) groups excluding carboxylic acids is 1. The summed E-state index contributed by atoms with van der Waals surface area (Å²) < 4.78 is 67.1. The first-order valence-electron chi connectivity index (χ1n) is 12.4. The van der Waals surface area contributed by atoms with Crippen LogP contribution in [-0.4, -0.2) is 75.3 Å². The van der Waals surface area contributed by atoms with Gasteiger partial charge in [0.15, 0.2) is 0 Å². The van der Waals surface area contributed by atoms with Gasteiger partial charge >= 0.3 is 6.18 Å². The zero-order chi connectivity index (χ0) is 26.5. The van der Waals surface area contributed by atoms with Crippen molar-refractivity contribution in [2.24, 2.45) is 5.92 Å². The van der Waals surface area contributed by atoms with Crippen molar-refractivity contribution in [3.05, 3.63) is 39.8 Å². The third-order valence-corrected chi connectivity index (χ3v) is 7.51. The zero-order valence-electron chi connectivity index (χ0n) is 20.4. The predicted octanol–water partition coefficient (Wildman–Crippen LogP) is 4.33. The number of aromatic amines is 1. The Morgan fingerprint density at radius 2 is 1.78 bits per heavy atom. The maximum Gasteiger partial charge on any atom is 0.401 e. The summed E-state index contributed by atoms with van der Waals surface area (Å²) in [7, 11) is 0. The molecule has 1 saturated carbocycles. The van der Waals surface area contributed by atoms with Gasteiger partial charge in [-0.1, -0.05) is 0 Å². The largest absolute Gasteiger partial charge is 0.401 e. The summed E-state index contributed by atoms with van der Waals surface area (Å²) in [5, 5.41) is 5.33. The minimum Gasteiger partial charge on any atom is -0.336 e. The maximum atomic E-state index is 13.6. The van der Waals surface area contributed by atoms with Gasteiger partial charge in [0, 0.05) is 56.5 Å². The van der Waals surface area contributed by atoms with Crippen LogP contribution in [0.15, 0.2) is 23.1 Å². The van der Waals surface area contributed by atoms with Gasteiger partial charge in [0.1, 0.15) is 0 Å². The van der Waals surface area contributed by atoms with Crippen molar-refractivity contribution in [3.8, 4) is 0 Å². The number of nitrogens with one attached hydrogen (secondary N) is 1. The van der Waals surface area contributed by atoms with Crippen LogP contribution in [0.3, 0.4) is 0 Å². The van der Waals surface area contributed by atoms with Crippen molar-refractivity contribution in [2.75, 3.05) is 32.7 Å². The van der Waals surface area contributed by atoms with E-state index in [1.807, 2.05) is 0 Å². The molecule has 7 nitrogen and oxygen atoms in total. The van der Waals surface area contributed by atoms with Gasteiger partial charge in [-0.15, -0.1) is 0 Å². The van der Waals surface area contributed by atoms with E-state index in [1.54, 1.807) is 28.6 Å². The molecule has 2 fully saturated rings. The smallest absolute Gasteiger partial charge is 0.336 e. The van der Waals surface area contributed by atoms with Crippen molar-refractivity contribution in [3.63, 3.8) is 0 Å². The van der Waals surface area contributed by atoms with Crippen molar-refractivity contribution in [1.82, 2.24) is 24.6 Å². The number of carbonyl (C=O) groups is 1. The standard InChI is InChI=1S/C25H28F5N5O2/c1-15-10-20-18(11-17(15)23(37)34-8-6-33(7-9-34)14-25(28,29)30)21-19(22(36)32-20)12-31-35(21)13-16-2-4-24(26,27)5-3-16/h10-12,16H,2-9,13-14H2,1H3,(H,32,36). The van der Waals surface area contributed by atoms with Gasteiger partial charge in [0.2, 0.25) is 5.92 Å². The highest BCUT2D eigenvalue weighted by Gasteiger charge is 2.35. The number of alkyl halides is 5. The topological polar surface area (TPSA) is 74.2 Å². The van der Waals surface area contributed by atoms with Gasteiger partial charge in [0.05, 0.1) is 29.2 Å². The lowest BCUT2D eigenvalue weighted by Gasteiger charge is -2.35. The number of piperazine rings is 1. The number of pyridine rings is 1. The van der Waals surface area contributed by atoms with Gasteiger partial charge < -0.3 is 9.88 Å². The molecule has 200 valence electrons. The average molecular weight is 526 g/mol. The number of aromatic nitrogens is 3. The predicted molar refractivity (Wildman–Crippen MR) is 128 cm³/mol. The molecule has 5 rings (SSSR count). The molecule has 1 aliphatic carbocycles. The molecule has 2 aromatic heterocycles. The first kappa shape index (κ1) is 25.6. The quantitative estimate of drug-likeness (QED) is 0.515. The van der Waals surface area contributed by atoms with E-state index in [2.05, 4.69) is 10.1 Å². The molecule has 1 aliphatic heterocycles. The number of H-pyrrole nitrogens is 1. The van der Waals surface area contributed by atoms with Crippen molar-refractivity contribution in [2.45, 2.75) is 51.3 Å². The highest BCUT2D eigenvalue weighted by Crippen LogP contribution is 2.37. The number of hydrogen-bond donors (Lipinski definition) is 1. The van der Waals surface area contributed by atoms with Gasteiger partial charge in [-0.25, -0.2) is 8.78 Å². The first-order chi connectivity index (χ1) is 17.4. The molecule has 3 aromatic rings. The van der Waals surface area contributed by atoms with Crippen LogP contribution in [0.25, 0.3) is 21.8 Å². The highest BCUT2D eigenvalue weighted by atomic mass is 19.4. The molecule has 3 heterocycles. The molecule has 37 heavy (non-hydrogen) atoms. The second kappa shape index (κ2) is 9.38. The van der Waals surface area contributed by atoms with Crippen LogP contribution in [-0.2, 0) is 6.54 Å². The van der Waals surface area contributed by atoms with Crippen LogP contribution in [0, 0.1) is 12.8 Å². The molecular formula is C25H28F5N5O2. The third kappa shape index (κ3) is 5.34. The lowest BCUT2D eigenvalue weighted by molar-refractivity contribution is -0.148. The molecule has 1 saturated heterocycles.